The zero-order valence-corrected chi connectivity index (χ0v) is 11.6. The molecule has 0 aromatic rings. The Morgan fingerprint density at radius 2 is 2.00 bits per heavy atom. The Kier molecular flexibility index (Phi) is 3.81. The quantitative estimate of drug-likeness (QED) is 0.834. The third-order valence-corrected chi connectivity index (χ3v) is 5.32. The molecule has 19 heavy (non-hydrogen) atoms. The number of rotatable bonds is 2. The van der Waals surface area contributed by atoms with Crippen LogP contribution in [0, 0.1) is 5.92 Å². The summed E-state index contributed by atoms with van der Waals surface area (Å²) >= 11 is 0. The minimum atomic E-state index is -0.623. The van der Waals surface area contributed by atoms with Gasteiger partial charge in [-0.1, -0.05) is 19.3 Å². The van der Waals surface area contributed by atoms with E-state index in [2.05, 4.69) is 4.90 Å². The molecule has 2 unspecified atom stereocenters. The number of nitrogens with zero attached hydrogens (tertiary/aromatic N) is 1. The highest BCUT2D eigenvalue weighted by Crippen LogP contribution is 2.40. The van der Waals surface area contributed by atoms with Gasteiger partial charge in [0.2, 0.25) is 0 Å². The Bertz CT molecular complexity index is 333. The maximum Gasteiger partial charge on any atom is 0.307 e. The van der Waals surface area contributed by atoms with Crippen LogP contribution in [0.25, 0.3) is 0 Å². The Morgan fingerprint density at radius 1 is 1.21 bits per heavy atom. The molecule has 4 nitrogen and oxygen atoms in total. The first-order valence-corrected chi connectivity index (χ1v) is 7.79. The molecule has 2 aliphatic heterocycles. The summed E-state index contributed by atoms with van der Waals surface area (Å²) in [5, 5.41) is 9.12. The van der Waals surface area contributed by atoms with Crippen LogP contribution in [0.5, 0.6) is 0 Å². The monoisotopic (exact) mass is 267 g/mol. The molecule has 0 radical (unpaired) electrons. The van der Waals surface area contributed by atoms with Crippen molar-refractivity contribution in [2.45, 2.75) is 63.0 Å². The maximum atomic E-state index is 11.1. The van der Waals surface area contributed by atoms with Crippen LogP contribution < -0.4 is 0 Å². The van der Waals surface area contributed by atoms with Gasteiger partial charge in [0, 0.05) is 19.2 Å². The second-order valence-corrected chi connectivity index (χ2v) is 6.56. The van der Waals surface area contributed by atoms with Crippen molar-refractivity contribution < 1.29 is 14.6 Å². The van der Waals surface area contributed by atoms with E-state index in [0.717, 1.165) is 39.0 Å². The number of likely N-dealkylation sites (tertiary alicyclic amines) is 1. The van der Waals surface area contributed by atoms with Crippen molar-refractivity contribution in [2.24, 2.45) is 5.92 Å². The van der Waals surface area contributed by atoms with Crippen LogP contribution in [0.15, 0.2) is 0 Å². The molecule has 2 saturated heterocycles. The van der Waals surface area contributed by atoms with Crippen LogP contribution in [-0.2, 0) is 9.53 Å². The van der Waals surface area contributed by atoms with Crippen LogP contribution in [0.4, 0.5) is 0 Å². The van der Waals surface area contributed by atoms with Crippen LogP contribution in [0.3, 0.4) is 0 Å². The molecule has 1 N–H and O–H groups in total. The van der Waals surface area contributed by atoms with Gasteiger partial charge in [0.25, 0.3) is 0 Å². The van der Waals surface area contributed by atoms with E-state index in [0.29, 0.717) is 6.04 Å². The number of carbonyl (C=O) groups is 1. The largest absolute Gasteiger partial charge is 0.481 e. The Hall–Kier alpha value is -0.610. The lowest BCUT2D eigenvalue weighted by molar-refractivity contribution is -0.141. The molecular formula is C15H25NO3. The van der Waals surface area contributed by atoms with Crippen molar-refractivity contribution in [1.29, 1.82) is 0 Å². The summed E-state index contributed by atoms with van der Waals surface area (Å²) in [5.74, 6) is -0.771. The van der Waals surface area contributed by atoms with Gasteiger partial charge in [-0.2, -0.15) is 0 Å². The molecule has 1 saturated carbocycles. The first-order valence-electron chi connectivity index (χ1n) is 7.79. The van der Waals surface area contributed by atoms with E-state index in [1.807, 2.05) is 0 Å². The minimum absolute atomic E-state index is 0.127. The summed E-state index contributed by atoms with van der Waals surface area (Å²) in [6.07, 6.45) is 9.38. The molecule has 108 valence electrons. The number of aliphatic carboxylic acids is 1. The summed E-state index contributed by atoms with van der Waals surface area (Å²) in [6.45, 7) is 2.56. The second-order valence-electron chi connectivity index (χ2n) is 6.56. The van der Waals surface area contributed by atoms with E-state index in [-0.39, 0.29) is 11.5 Å². The molecule has 2 atom stereocenters. The topological polar surface area (TPSA) is 49.8 Å². The highest BCUT2D eigenvalue weighted by Gasteiger charge is 2.42. The summed E-state index contributed by atoms with van der Waals surface area (Å²) < 4.78 is 6.13. The summed E-state index contributed by atoms with van der Waals surface area (Å²) in [6, 6.07) is 0.552. The Labute approximate surface area is 115 Å². The summed E-state index contributed by atoms with van der Waals surface area (Å²) in [5.41, 5.74) is 0.127. The van der Waals surface area contributed by atoms with E-state index in [9.17, 15) is 4.79 Å². The van der Waals surface area contributed by atoms with Crippen LogP contribution in [-0.4, -0.2) is 47.3 Å². The molecule has 3 rings (SSSR count). The molecule has 0 aromatic heterocycles. The fourth-order valence-electron chi connectivity index (χ4n) is 4.18. The van der Waals surface area contributed by atoms with Gasteiger partial charge < -0.3 is 9.84 Å². The second kappa shape index (κ2) is 5.41. The third-order valence-electron chi connectivity index (χ3n) is 5.32. The zero-order chi connectivity index (χ0) is 13.3. The van der Waals surface area contributed by atoms with Crippen molar-refractivity contribution >= 4 is 5.97 Å². The smallest absolute Gasteiger partial charge is 0.307 e. The van der Waals surface area contributed by atoms with E-state index in [1.54, 1.807) is 0 Å². The van der Waals surface area contributed by atoms with Gasteiger partial charge in [-0.3, -0.25) is 9.69 Å². The number of carboxylic acids is 1. The van der Waals surface area contributed by atoms with Gasteiger partial charge in [0.05, 0.1) is 11.5 Å². The number of hydrogen-bond acceptors (Lipinski definition) is 3. The summed E-state index contributed by atoms with van der Waals surface area (Å²) in [7, 11) is 0. The first-order chi connectivity index (χ1) is 9.19. The first kappa shape index (κ1) is 13.4. The zero-order valence-electron chi connectivity index (χ0n) is 11.6. The average Bonchev–Trinajstić information content (AvgIpc) is 2.89. The number of ether oxygens (including phenoxy) is 1. The van der Waals surface area contributed by atoms with Crippen molar-refractivity contribution in [1.82, 2.24) is 4.90 Å². The molecule has 1 spiro atoms. The molecule has 3 fully saturated rings. The van der Waals surface area contributed by atoms with Gasteiger partial charge in [-0.25, -0.2) is 0 Å². The Balaban J connectivity index is 1.61. The van der Waals surface area contributed by atoms with Crippen LogP contribution >= 0.6 is 0 Å². The van der Waals surface area contributed by atoms with Crippen molar-refractivity contribution in [2.75, 3.05) is 19.7 Å². The molecule has 4 heteroatoms. The van der Waals surface area contributed by atoms with Crippen LogP contribution in [0.1, 0.15) is 51.4 Å². The van der Waals surface area contributed by atoms with E-state index in [1.165, 1.54) is 32.1 Å². The SMILES string of the molecule is O=C(O)C1CCN(C2CCOC3(CCCCC3)C2)C1. The summed E-state index contributed by atoms with van der Waals surface area (Å²) in [4.78, 5) is 13.5. The predicted octanol–water partition coefficient (Wildman–Crippen LogP) is 2.27. The molecule has 2 heterocycles. The molecular weight excluding hydrogens is 242 g/mol. The predicted molar refractivity (Wildman–Crippen MR) is 72.1 cm³/mol. The molecule has 1 aliphatic carbocycles. The maximum absolute atomic E-state index is 11.1. The molecule has 0 amide bonds. The standard InChI is InChI=1S/C15H25NO3/c17-14(18)12-4-8-16(11-12)13-5-9-19-15(10-13)6-2-1-3-7-15/h12-13H,1-11H2,(H,17,18). The molecule has 0 bridgehead atoms. The van der Waals surface area contributed by atoms with E-state index < -0.39 is 5.97 Å². The van der Waals surface area contributed by atoms with Gasteiger partial charge in [0.1, 0.15) is 0 Å². The fraction of sp³-hybridized carbons (Fsp3) is 0.933. The van der Waals surface area contributed by atoms with Gasteiger partial charge in [-0.15, -0.1) is 0 Å². The normalized spacial score (nSPS) is 35.6. The highest BCUT2D eigenvalue weighted by molar-refractivity contribution is 5.70. The van der Waals surface area contributed by atoms with E-state index >= 15 is 0 Å². The fourth-order valence-corrected chi connectivity index (χ4v) is 4.18. The third kappa shape index (κ3) is 2.79. The average molecular weight is 267 g/mol. The number of hydrogen-bond donors (Lipinski definition) is 1. The van der Waals surface area contributed by atoms with Crippen LogP contribution in [0.2, 0.25) is 0 Å². The van der Waals surface area contributed by atoms with E-state index in [4.69, 9.17) is 9.84 Å². The van der Waals surface area contributed by atoms with Gasteiger partial charge in [0.15, 0.2) is 0 Å². The Morgan fingerprint density at radius 3 is 2.68 bits per heavy atom. The lowest BCUT2D eigenvalue weighted by atomic mass is 9.78. The highest BCUT2D eigenvalue weighted by atomic mass is 16.5. The van der Waals surface area contributed by atoms with Crippen molar-refractivity contribution in [3.8, 4) is 0 Å². The number of carboxylic acid groups (broad SMARTS) is 1. The molecule has 3 aliphatic rings. The lowest BCUT2D eigenvalue weighted by Crippen LogP contribution is -2.49. The van der Waals surface area contributed by atoms with Gasteiger partial charge >= 0.3 is 5.97 Å². The molecule has 0 aromatic carbocycles. The van der Waals surface area contributed by atoms with Crippen molar-refractivity contribution in [3.05, 3.63) is 0 Å². The van der Waals surface area contributed by atoms with Crippen molar-refractivity contribution in [3.63, 3.8) is 0 Å². The minimum Gasteiger partial charge on any atom is -0.481 e. The van der Waals surface area contributed by atoms with Gasteiger partial charge in [-0.05, 0) is 38.6 Å². The lowest BCUT2D eigenvalue weighted by Gasteiger charge is -2.46.